The first-order chi connectivity index (χ1) is 15.2. The second kappa shape index (κ2) is 12.5. The van der Waals surface area contributed by atoms with Crippen LogP contribution in [0.15, 0.2) is 0 Å². The van der Waals surface area contributed by atoms with Crippen LogP contribution >= 0.6 is 0 Å². The average molecular weight is 470 g/mol. The second-order valence-corrected chi connectivity index (χ2v) is 10.3. The Bertz CT molecular complexity index is 731. The van der Waals surface area contributed by atoms with Gasteiger partial charge in [0, 0.05) is 6.54 Å². The van der Waals surface area contributed by atoms with Crippen molar-refractivity contribution in [1.82, 2.24) is 26.8 Å². The molecular weight excluding hydrogens is 430 g/mol. The van der Waals surface area contributed by atoms with Crippen LogP contribution in [0.25, 0.3) is 0 Å². The average Bonchev–Trinajstić information content (AvgIpc) is 2.84. The zero-order valence-corrected chi connectivity index (χ0v) is 20.7. The molecule has 1 saturated heterocycles. The number of hydrogen-bond donors (Lipinski definition) is 5. The lowest BCUT2D eigenvalue weighted by atomic mass is 9.99. The van der Waals surface area contributed by atoms with Gasteiger partial charge in [-0.05, 0) is 30.1 Å². The number of rotatable bonds is 9. The van der Waals surface area contributed by atoms with Crippen LogP contribution in [0.3, 0.4) is 0 Å². The maximum atomic E-state index is 13.0. The van der Waals surface area contributed by atoms with Crippen molar-refractivity contribution in [2.75, 3.05) is 13.2 Å². The SMILES string of the molecule is CC(C)CC(NC(=O)C(NC(=O)OCC(C)(C)C)C(C)C)C(=O)NC1CCNNC(=O)C1=O. The van der Waals surface area contributed by atoms with E-state index in [0.717, 1.165) is 0 Å². The van der Waals surface area contributed by atoms with E-state index in [4.69, 9.17) is 4.74 Å². The molecule has 33 heavy (non-hydrogen) atoms. The van der Waals surface area contributed by atoms with Gasteiger partial charge in [0.2, 0.25) is 17.6 Å². The summed E-state index contributed by atoms with van der Waals surface area (Å²) in [6.07, 6.45) is -0.185. The van der Waals surface area contributed by atoms with Crippen LogP contribution in [0.2, 0.25) is 0 Å². The highest BCUT2D eigenvalue weighted by Crippen LogP contribution is 2.13. The summed E-state index contributed by atoms with van der Waals surface area (Å²) < 4.78 is 5.20. The molecule has 0 aliphatic carbocycles. The van der Waals surface area contributed by atoms with Crippen LogP contribution in [-0.2, 0) is 23.9 Å². The van der Waals surface area contributed by atoms with E-state index in [-0.39, 0.29) is 30.3 Å². The van der Waals surface area contributed by atoms with E-state index in [2.05, 4.69) is 26.8 Å². The van der Waals surface area contributed by atoms with E-state index in [1.54, 1.807) is 13.8 Å². The highest BCUT2D eigenvalue weighted by molar-refractivity contribution is 6.38. The molecule has 11 nitrogen and oxygen atoms in total. The van der Waals surface area contributed by atoms with Gasteiger partial charge in [0.25, 0.3) is 0 Å². The van der Waals surface area contributed by atoms with Gasteiger partial charge >= 0.3 is 12.0 Å². The van der Waals surface area contributed by atoms with Gasteiger partial charge in [-0.2, -0.15) is 0 Å². The maximum absolute atomic E-state index is 13.0. The lowest BCUT2D eigenvalue weighted by Crippen LogP contribution is -2.57. The van der Waals surface area contributed by atoms with Crippen LogP contribution in [-0.4, -0.2) is 60.9 Å². The van der Waals surface area contributed by atoms with E-state index >= 15 is 0 Å². The Hall–Kier alpha value is -2.69. The quantitative estimate of drug-likeness (QED) is 0.306. The molecule has 0 saturated carbocycles. The minimum absolute atomic E-state index is 0.0538. The monoisotopic (exact) mass is 469 g/mol. The van der Waals surface area contributed by atoms with Gasteiger partial charge in [-0.3, -0.25) is 24.6 Å². The largest absolute Gasteiger partial charge is 0.449 e. The number of alkyl carbamates (subject to hydrolysis) is 1. The first-order valence-corrected chi connectivity index (χ1v) is 11.3. The molecule has 0 spiro atoms. The number of ether oxygens (including phenoxy) is 1. The summed E-state index contributed by atoms with van der Waals surface area (Å²) in [5.74, 6) is -2.91. The molecule has 0 aromatic heterocycles. The fourth-order valence-electron chi connectivity index (χ4n) is 3.07. The minimum Gasteiger partial charge on any atom is -0.449 e. The molecule has 0 aromatic rings. The Morgan fingerprint density at radius 2 is 1.70 bits per heavy atom. The third kappa shape index (κ3) is 10.2. The van der Waals surface area contributed by atoms with Gasteiger partial charge < -0.3 is 20.7 Å². The minimum atomic E-state index is -0.995. The molecule has 1 aliphatic heterocycles. The molecular formula is C22H39N5O6. The number of hydrogen-bond acceptors (Lipinski definition) is 7. The van der Waals surface area contributed by atoms with E-state index < -0.39 is 47.7 Å². The van der Waals surface area contributed by atoms with Gasteiger partial charge in [-0.25, -0.2) is 10.2 Å². The Labute approximate surface area is 195 Å². The molecule has 1 aliphatic rings. The molecule has 3 atom stereocenters. The third-order valence-corrected chi connectivity index (χ3v) is 4.82. The van der Waals surface area contributed by atoms with Crippen LogP contribution < -0.4 is 26.8 Å². The van der Waals surface area contributed by atoms with Crippen LogP contribution in [0.1, 0.15) is 61.3 Å². The predicted octanol–water partition coefficient (Wildman–Crippen LogP) is 0.393. The molecule has 0 aromatic carbocycles. The molecule has 1 rings (SSSR count). The van der Waals surface area contributed by atoms with Crippen molar-refractivity contribution in [3.63, 3.8) is 0 Å². The highest BCUT2D eigenvalue weighted by Gasteiger charge is 2.33. The van der Waals surface area contributed by atoms with Crippen molar-refractivity contribution in [1.29, 1.82) is 0 Å². The molecule has 5 N–H and O–H groups in total. The van der Waals surface area contributed by atoms with Crippen molar-refractivity contribution < 1.29 is 28.7 Å². The van der Waals surface area contributed by atoms with Crippen molar-refractivity contribution in [2.24, 2.45) is 17.3 Å². The normalized spacial score (nSPS) is 18.8. The predicted molar refractivity (Wildman–Crippen MR) is 122 cm³/mol. The van der Waals surface area contributed by atoms with Crippen molar-refractivity contribution >= 4 is 29.6 Å². The summed E-state index contributed by atoms with van der Waals surface area (Å²) in [6, 6.07) is -2.86. The molecule has 11 heteroatoms. The van der Waals surface area contributed by atoms with Gasteiger partial charge in [0.15, 0.2) is 0 Å². The second-order valence-electron chi connectivity index (χ2n) is 10.3. The first kappa shape index (κ1) is 28.3. The van der Waals surface area contributed by atoms with Crippen molar-refractivity contribution in [2.45, 2.75) is 79.4 Å². The van der Waals surface area contributed by atoms with Gasteiger partial charge in [0.05, 0.1) is 12.6 Å². The maximum Gasteiger partial charge on any atom is 0.407 e. The number of hydrazine groups is 1. The summed E-state index contributed by atoms with van der Waals surface area (Å²) in [5.41, 5.74) is 4.61. The summed E-state index contributed by atoms with van der Waals surface area (Å²) in [6.45, 7) is 13.6. The number of Topliss-reactive ketones (excluding diaryl/α,β-unsaturated/α-hetero) is 1. The van der Waals surface area contributed by atoms with Gasteiger partial charge in [-0.1, -0.05) is 48.5 Å². The molecule has 188 valence electrons. The lowest BCUT2D eigenvalue weighted by molar-refractivity contribution is -0.140. The fourth-order valence-corrected chi connectivity index (χ4v) is 3.07. The van der Waals surface area contributed by atoms with E-state index in [1.165, 1.54) is 0 Å². The molecule has 0 bridgehead atoms. The number of carbonyl (C=O) groups is 5. The third-order valence-electron chi connectivity index (χ3n) is 4.82. The Morgan fingerprint density at radius 1 is 1.06 bits per heavy atom. The van der Waals surface area contributed by atoms with Crippen molar-refractivity contribution in [3.8, 4) is 0 Å². The lowest BCUT2D eigenvalue weighted by Gasteiger charge is -2.27. The Balaban J connectivity index is 2.87. The van der Waals surface area contributed by atoms with Crippen LogP contribution in [0.5, 0.6) is 0 Å². The molecule has 1 heterocycles. The smallest absolute Gasteiger partial charge is 0.407 e. The number of amides is 4. The Kier molecular flexibility index (Phi) is 10.8. The zero-order valence-electron chi connectivity index (χ0n) is 20.7. The number of carbonyl (C=O) groups excluding carboxylic acids is 5. The van der Waals surface area contributed by atoms with E-state index in [1.807, 2.05) is 34.6 Å². The summed E-state index contributed by atoms with van der Waals surface area (Å²) >= 11 is 0. The molecule has 1 fully saturated rings. The Morgan fingerprint density at radius 3 is 2.24 bits per heavy atom. The standard InChI is InChI=1S/C22H39N5O6/c1-12(2)10-15(18(29)24-14-8-9-23-27-20(31)17(14)28)25-19(30)16(13(3)4)26-21(32)33-11-22(5,6)7/h12-16,23H,8-11H2,1-7H3,(H,24,29)(H,25,30)(H,26,32)(H,27,31). The zero-order chi connectivity index (χ0) is 25.3. The first-order valence-electron chi connectivity index (χ1n) is 11.3. The van der Waals surface area contributed by atoms with E-state index in [0.29, 0.717) is 13.0 Å². The number of ketones is 1. The topological polar surface area (TPSA) is 155 Å². The van der Waals surface area contributed by atoms with Crippen molar-refractivity contribution in [3.05, 3.63) is 0 Å². The summed E-state index contributed by atoms with van der Waals surface area (Å²) in [5, 5.41) is 7.84. The fraction of sp³-hybridized carbons (Fsp3) is 0.773. The summed E-state index contributed by atoms with van der Waals surface area (Å²) in [4.78, 5) is 62.0. The van der Waals surface area contributed by atoms with Gasteiger partial charge in [0.1, 0.15) is 12.1 Å². The molecule has 0 radical (unpaired) electrons. The highest BCUT2D eigenvalue weighted by atomic mass is 16.5. The summed E-state index contributed by atoms with van der Waals surface area (Å²) in [7, 11) is 0. The van der Waals surface area contributed by atoms with Crippen LogP contribution in [0.4, 0.5) is 4.79 Å². The number of nitrogens with one attached hydrogen (secondary N) is 5. The molecule has 3 unspecified atom stereocenters. The van der Waals surface area contributed by atoms with Crippen LogP contribution in [0, 0.1) is 17.3 Å². The van der Waals surface area contributed by atoms with E-state index in [9.17, 15) is 24.0 Å². The van der Waals surface area contributed by atoms with Gasteiger partial charge in [-0.15, -0.1) is 0 Å². The molecule has 4 amide bonds.